The molecule has 0 aliphatic carbocycles. The molecular formula is C24H33N3O4S. The molecule has 1 heterocycles. The smallest absolute Gasteiger partial charge is 0.243 e. The van der Waals surface area contributed by atoms with E-state index in [0.29, 0.717) is 31.1 Å². The lowest BCUT2D eigenvalue weighted by Crippen LogP contribution is -2.51. The van der Waals surface area contributed by atoms with E-state index >= 15 is 0 Å². The van der Waals surface area contributed by atoms with Crippen LogP contribution in [-0.2, 0) is 14.8 Å². The Hall–Kier alpha value is -2.42. The Bertz CT molecular complexity index is 997. The van der Waals surface area contributed by atoms with Crippen LogP contribution in [0, 0.1) is 12.8 Å². The molecule has 1 N–H and O–H groups in total. The van der Waals surface area contributed by atoms with E-state index in [1.54, 1.807) is 31.4 Å². The van der Waals surface area contributed by atoms with Gasteiger partial charge in [-0.3, -0.25) is 9.69 Å². The van der Waals surface area contributed by atoms with Crippen molar-refractivity contribution < 1.29 is 17.9 Å². The summed E-state index contributed by atoms with van der Waals surface area (Å²) in [6, 6.07) is 14.5. The maximum Gasteiger partial charge on any atom is 0.243 e. The highest BCUT2D eigenvalue weighted by molar-refractivity contribution is 7.89. The fraction of sp³-hybridized carbons (Fsp3) is 0.458. The van der Waals surface area contributed by atoms with Crippen molar-refractivity contribution in [3.05, 3.63) is 59.7 Å². The Labute approximate surface area is 191 Å². The molecule has 2 aromatic rings. The van der Waals surface area contributed by atoms with Crippen LogP contribution < -0.4 is 10.1 Å². The minimum Gasteiger partial charge on any atom is -0.497 e. The van der Waals surface area contributed by atoms with Crippen molar-refractivity contribution in [3.8, 4) is 5.75 Å². The number of nitrogens with zero attached hydrogens (tertiary/aromatic N) is 2. The van der Waals surface area contributed by atoms with Crippen LogP contribution in [0.2, 0.25) is 0 Å². The topological polar surface area (TPSA) is 79.0 Å². The molecule has 32 heavy (non-hydrogen) atoms. The Morgan fingerprint density at radius 2 is 1.59 bits per heavy atom. The molecule has 1 fully saturated rings. The summed E-state index contributed by atoms with van der Waals surface area (Å²) in [5.74, 6) is 0.944. The summed E-state index contributed by atoms with van der Waals surface area (Å²) in [7, 11) is -1.88. The van der Waals surface area contributed by atoms with Gasteiger partial charge >= 0.3 is 0 Å². The molecule has 174 valence electrons. The highest BCUT2D eigenvalue weighted by Crippen LogP contribution is 2.24. The van der Waals surface area contributed by atoms with Gasteiger partial charge in [-0.15, -0.1) is 0 Å². The molecule has 1 aliphatic rings. The van der Waals surface area contributed by atoms with Gasteiger partial charge in [-0.2, -0.15) is 4.31 Å². The molecule has 0 aromatic heterocycles. The van der Waals surface area contributed by atoms with Gasteiger partial charge in [-0.25, -0.2) is 8.42 Å². The number of aryl methyl sites for hydroxylation is 1. The van der Waals surface area contributed by atoms with Gasteiger partial charge in [0.2, 0.25) is 15.9 Å². The van der Waals surface area contributed by atoms with Gasteiger partial charge in [-0.05, 0) is 42.7 Å². The van der Waals surface area contributed by atoms with Crippen LogP contribution in [0.3, 0.4) is 0 Å². The molecular weight excluding hydrogens is 426 g/mol. The van der Waals surface area contributed by atoms with Crippen molar-refractivity contribution >= 4 is 15.9 Å². The van der Waals surface area contributed by atoms with Crippen LogP contribution in [0.1, 0.15) is 31.0 Å². The minimum atomic E-state index is -3.51. The molecule has 7 nitrogen and oxygen atoms in total. The van der Waals surface area contributed by atoms with Gasteiger partial charge in [0, 0.05) is 26.2 Å². The van der Waals surface area contributed by atoms with E-state index in [1.165, 1.54) is 4.31 Å². The van der Waals surface area contributed by atoms with E-state index < -0.39 is 10.0 Å². The largest absolute Gasteiger partial charge is 0.497 e. The maximum atomic E-state index is 12.9. The summed E-state index contributed by atoms with van der Waals surface area (Å²) < 4.78 is 32.5. The van der Waals surface area contributed by atoms with Crippen LogP contribution in [0.5, 0.6) is 5.75 Å². The van der Waals surface area contributed by atoms with Crippen molar-refractivity contribution in [2.45, 2.75) is 31.7 Å². The lowest BCUT2D eigenvalue weighted by Gasteiger charge is -2.34. The third-order valence-corrected chi connectivity index (χ3v) is 7.73. The summed E-state index contributed by atoms with van der Waals surface area (Å²) in [5.41, 5.74) is 2.05. The van der Waals surface area contributed by atoms with Crippen molar-refractivity contribution in [1.29, 1.82) is 0 Å². The van der Waals surface area contributed by atoms with Crippen LogP contribution in [0.15, 0.2) is 53.4 Å². The molecule has 3 rings (SSSR count). The molecule has 0 radical (unpaired) electrons. The number of amides is 1. The highest BCUT2D eigenvalue weighted by atomic mass is 32.2. The van der Waals surface area contributed by atoms with Crippen LogP contribution in [-0.4, -0.2) is 63.4 Å². The van der Waals surface area contributed by atoms with Crippen LogP contribution >= 0.6 is 0 Å². The third kappa shape index (κ3) is 5.88. The second-order valence-corrected chi connectivity index (χ2v) is 10.5. The summed E-state index contributed by atoms with van der Waals surface area (Å²) >= 11 is 0. The summed E-state index contributed by atoms with van der Waals surface area (Å²) in [5, 5.41) is 3.14. The lowest BCUT2D eigenvalue weighted by atomic mass is 9.96. The Morgan fingerprint density at radius 1 is 1.00 bits per heavy atom. The number of methoxy groups -OCH3 is 1. The zero-order valence-corrected chi connectivity index (χ0v) is 20.1. The number of hydrogen-bond acceptors (Lipinski definition) is 5. The average Bonchev–Trinajstić information content (AvgIpc) is 2.78. The number of ether oxygens (including phenoxy) is 1. The monoisotopic (exact) mass is 459 g/mol. The molecule has 1 atom stereocenters. The molecule has 0 bridgehead atoms. The van der Waals surface area contributed by atoms with E-state index in [9.17, 15) is 13.2 Å². The van der Waals surface area contributed by atoms with Crippen molar-refractivity contribution in [2.75, 3.05) is 39.8 Å². The van der Waals surface area contributed by atoms with E-state index in [-0.39, 0.29) is 24.4 Å². The molecule has 8 heteroatoms. The zero-order chi connectivity index (χ0) is 23.3. The number of piperazine rings is 1. The Kier molecular flexibility index (Phi) is 7.92. The number of benzene rings is 2. The third-order valence-electron chi connectivity index (χ3n) is 5.82. The molecule has 1 unspecified atom stereocenters. The molecule has 2 aromatic carbocycles. The van der Waals surface area contributed by atoms with Gasteiger partial charge in [-0.1, -0.05) is 43.7 Å². The van der Waals surface area contributed by atoms with Gasteiger partial charge < -0.3 is 10.1 Å². The lowest BCUT2D eigenvalue weighted by molar-refractivity contribution is -0.123. The van der Waals surface area contributed by atoms with Crippen molar-refractivity contribution in [2.24, 2.45) is 5.92 Å². The van der Waals surface area contributed by atoms with E-state index in [0.717, 1.165) is 16.9 Å². The van der Waals surface area contributed by atoms with Crippen LogP contribution in [0.25, 0.3) is 0 Å². The quantitative estimate of drug-likeness (QED) is 0.657. The predicted molar refractivity (Wildman–Crippen MR) is 125 cm³/mol. The average molecular weight is 460 g/mol. The number of sulfonamides is 1. The molecule has 1 saturated heterocycles. The van der Waals surface area contributed by atoms with Gasteiger partial charge in [0.1, 0.15) is 5.75 Å². The first-order valence-corrected chi connectivity index (χ1v) is 12.4. The second kappa shape index (κ2) is 10.5. The number of hydrogen-bond donors (Lipinski definition) is 1. The Balaban J connectivity index is 1.55. The van der Waals surface area contributed by atoms with Gasteiger partial charge in [0.25, 0.3) is 0 Å². The standard InChI is InChI=1S/C24H33N3O4S/c1-18(2)24(20-7-9-21(31-4)10-8-20)25-23(28)17-26-13-15-27(16-14-26)32(29,30)22-11-5-19(3)6-12-22/h5-12,18,24H,13-17H2,1-4H3,(H,25,28). The second-order valence-electron chi connectivity index (χ2n) is 8.56. The first-order chi connectivity index (χ1) is 15.2. The fourth-order valence-corrected chi connectivity index (χ4v) is 5.28. The van der Waals surface area contributed by atoms with E-state index in [1.807, 2.05) is 36.1 Å². The van der Waals surface area contributed by atoms with Crippen LogP contribution in [0.4, 0.5) is 0 Å². The van der Waals surface area contributed by atoms with Gasteiger partial charge in [0.15, 0.2) is 0 Å². The summed E-state index contributed by atoms with van der Waals surface area (Å²) in [4.78, 5) is 15.1. The zero-order valence-electron chi connectivity index (χ0n) is 19.2. The van der Waals surface area contributed by atoms with Crippen molar-refractivity contribution in [1.82, 2.24) is 14.5 Å². The molecule has 0 spiro atoms. The molecule has 1 aliphatic heterocycles. The predicted octanol–water partition coefficient (Wildman–Crippen LogP) is 2.82. The number of nitrogens with one attached hydrogen (secondary N) is 1. The molecule has 0 saturated carbocycles. The SMILES string of the molecule is COc1ccc(C(NC(=O)CN2CCN(S(=O)(=O)c3ccc(C)cc3)CC2)C(C)C)cc1. The Morgan fingerprint density at radius 3 is 2.12 bits per heavy atom. The minimum absolute atomic E-state index is 0.0608. The fourth-order valence-electron chi connectivity index (χ4n) is 3.86. The number of rotatable bonds is 8. The van der Waals surface area contributed by atoms with E-state index in [4.69, 9.17) is 4.74 Å². The maximum absolute atomic E-state index is 12.9. The van der Waals surface area contributed by atoms with Crippen molar-refractivity contribution in [3.63, 3.8) is 0 Å². The molecule has 1 amide bonds. The van der Waals surface area contributed by atoms with E-state index in [2.05, 4.69) is 19.2 Å². The first kappa shape index (κ1) is 24.2. The summed E-state index contributed by atoms with van der Waals surface area (Å²) in [6.07, 6.45) is 0. The van der Waals surface area contributed by atoms with Gasteiger partial charge in [0.05, 0.1) is 24.6 Å². The normalized spacial score (nSPS) is 16.7. The number of carbonyl (C=O) groups is 1. The highest BCUT2D eigenvalue weighted by Gasteiger charge is 2.29. The summed E-state index contributed by atoms with van der Waals surface area (Å²) in [6.45, 7) is 8.11. The first-order valence-electron chi connectivity index (χ1n) is 10.9. The number of carbonyl (C=O) groups excluding carboxylic acids is 1.